The lowest BCUT2D eigenvalue weighted by atomic mass is 10.1. The molecule has 2 N–H and O–H groups in total. The summed E-state index contributed by atoms with van der Waals surface area (Å²) in [6.07, 6.45) is 3.71. The maximum absolute atomic E-state index is 12.8. The summed E-state index contributed by atoms with van der Waals surface area (Å²) < 4.78 is 7.05. The van der Waals surface area contributed by atoms with Gasteiger partial charge >= 0.3 is 0 Å². The number of nitrogens with zero attached hydrogens (tertiary/aromatic N) is 3. The van der Waals surface area contributed by atoms with Gasteiger partial charge in [0, 0.05) is 18.5 Å². The average Bonchev–Trinajstić information content (AvgIpc) is 3.06. The molecule has 1 aliphatic heterocycles. The van der Waals surface area contributed by atoms with Crippen molar-refractivity contribution in [2.75, 3.05) is 6.61 Å². The molecule has 1 aliphatic rings. The number of aromatic nitrogens is 2. The van der Waals surface area contributed by atoms with E-state index in [4.69, 9.17) is 10.00 Å². The third kappa shape index (κ3) is 4.44. The minimum atomic E-state index is -0.589. The number of aryl methyl sites for hydroxylation is 1. The molecule has 9 nitrogen and oxygen atoms in total. The molecule has 32 heavy (non-hydrogen) atoms. The van der Waals surface area contributed by atoms with Crippen LogP contribution in [0, 0.1) is 11.3 Å². The van der Waals surface area contributed by atoms with E-state index in [1.54, 1.807) is 41.0 Å². The molecule has 162 valence electrons. The number of amides is 2. The van der Waals surface area contributed by atoms with Gasteiger partial charge in [-0.3, -0.25) is 29.8 Å². The van der Waals surface area contributed by atoms with Gasteiger partial charge in [-0.25, -0.2) is 4.98 Å². The number of benzene rings is 2. The van der Waals surface area contributed by atoms with Crippen molar-refractivity contribution < 1.29 is 14.3 Å². The number of para-hydroxylation sites is 1. The van der Waals surface area contributed by atoms with E-state index < -0.39 is 11.8 Å². The molecule has 0 unspecified atom stereocenters. The predicted octanol–water partition coefficient (Wildman–Crippen LogP) is 1.83. The minimum Gasteiger partial charge on any atom is -0.482 e. The highest BCUT2D eigenvalue weighted by Gasteiger charge is 2.16. The molecule has 2 amide bonds. The van der Waals surface area contributed by atoms with E-state index in [1.165, 1.54) is 6.07 Å². The fourth-order valence-electron chi connectivity index (χ4n) is 3.62. The summed E-state index contributed by atoms with van der Waals surface area (Å²) in [5, 5.41) is 9.50. The molecule has 0 bridgehead atoms. The van der Waals surface area contributed by atoms with E-state index in [0.717, 1.165) is 31.5 Å². The maximum atomic E-state index is 12.8. The first kappa shape index (κ1) is 21.1. The lowest BCUT2D eigenvalue weighted by Gasteiger charge is -2.12. The zero-order valence-corrected chi connectivity index (χ0v) is 17.3. The summed E-state index contributed by atoms with van der Waals surface area (Å²) >= 11 is 0. The fourth-order valence-corrected chi connectivity index (χ4v) is 3.62. The highest BCUT2D eigenvalue weighted by molar-refractivity contribution is 5.98. The van der Waals surface area contributed by atoms with Gasteiger partial charge in [0.1, 0.15) is 17.6 Å². The number of nitriles is 1. The number of carbonyl (C=O) groups is 2. The maximum Gasteiger partial charge on any atom is 0.276 e. The van der Waals surface area contributed by atoms with Crippen molar-refractivity contribution in [1.82, 2.24) is 20.4 Å². The molecule has 0 fully saturated rings. The topological polar surface area (TPSA) is 126 Å². The third-order valence-electron chi connectivity index (χ3n) is 5.26. The molecule has 0 saturated heterocycles. The molecule has 0 radical (unpaired) electrons. The molecular formula is C23H21N5O4. The number of rotatable bonds is 4. The number of hydrazine groups is 1. The second-order valence-corrected chi connectivity index (χ2v) is 7.43. The van der Waals surface area contributed by atoms with Gasteiger partial charge in [-0.15, -0.1) is 0 Å². The molecular weight excluding hydrogens is 410 g/mol. The number of hydrogen-bond acceptors (Lipinski definition) is 6. The largest absolute Gasteiger partial charge is 0.482 e. The average molecular weight is 431 g/mol. The van der Waals surface area contributed by atoms with Gasteiger partial charge in [0.2, 0.25) is 0 Å². The van der Waals surface area contributed by atoms with E-state index in [0.29, 0.717) is 23.0 Å². The molecule has 3 aromatic rings. The molecule has 9 heteroatoms. The van der Waals surface area contributed by atoms with Crippen LogP contribution >= 0.6 is 0 Å². The van der Waals surface area contributed by atoms with Crippen LogP contribution in [0.15, 0.2) is 47.3 Å². The van der Waals surface area contributed by atoms with Crippen LogP contribution in [0.2, 0.25) is 0 Å². The summed E-state index contributed by atoms with van der Waals surface area (Å²) in [4.78, 5) is 41.9. The van der Waals surface area contributed by atoms with Crippen molar-refractivity contribution in [1.29, 1.82) is 5.26 Å². The zero-order chi connectivity index (χ0) is 22.5. The number of ether oxygens (including phenoxy) is 1. The molecule has 0 saturated carbocycles. The summed E-state index contributed by atoms with van der Waals surface area (Å²) in [6, 6.07) is 13.2. The fraction of sp³-hybridized carbons (Fsp3) is 0.261. The number of carbonyl (C=O) groups excluding carboxylic acids is 2. The number of hydrogen-bond donors (Lipinski definition) is 2. The summed E-state index contributed by atoms with van der Waals surface area (Å²) in [7, 11) is 0. The normalized spacial score (nSPS) is 12.8. The Balaban J connectivity index is 1.42. The molecule has 0 spiro atoms. The SMILES string of the molecule is N#Cc1ccccc1OCC(=O)NNC(=O)c1ccc2c(=O)n3c(nc2c1)CCCCC3. The number of nitrogens with one attached hydrogen (secondary N) is 2. The summed E-state index contributed by atoms with van der Waals surface area (Å²) in [5.41, 5.74) is 5.53. The van der Waals surface area contributed by atoms with Crippen LogP contribution in [0.5, 0.6) is 5.75 Å². The minimum absolute atomic E-state index is 0.0954. The Labute approximate surface area is 183 Å². The van der Waals surface area contributed by atoms with Crippen molar-refractivity contribution >= 4 is 22.7 Å². The van der Waals surface area contributed by atoms with Crippen LogP contribution in [0.3, 0.4) is 0 Å². The predicted molar refractivity (Wildman–Crippen MR) is 116 cm³/mol. The van der Waals surface area contributed by atoms with Gasteiger partial charge in [0.25, 0.3) is 17.4 Å². The van der Waals surface area contributed by atoms with Gasteiger partial charge in [0.15, 0.2) is 6.61 Å². The summed E-state index contributed by atoms with van der Waals surface area (Å²) in [5.74, 6) is -0.119. The Bertz CT molecular complexity index is 1290. The van der Waals surface area contributed by atoms with E-state index in [9.17, 15) is 14.4 Å². The van der Waals surface area contributed by atoms with Crippen molar-refractivity contribution in [2.45, 2.75) is 32.2 Å². The Morgan fingerprint density at radius 3 is 2.81 bits per heavy atom. The monoisotopic (exact) mass is 431 g/mol. The Kier molecular flexibility index (Phi) is 6.12. The third-order valence-corrected chi connectivity index (χ3v) is 5.26. The molecule has 2 aromatic carbocycles. The van der Waals surface area contributed by atoms with Gasteiger partial charge in [-0.05, 0) is 43.2 Å². The van der Waals surface area contributed by atoms with E-state index in [2.05, 4.69) is 15.8 Å². The first-order valence-corrected chi connectivity index (χ1v) is 10.3. The Hall–Kier alpha value is -4.19. The quantitative estimate of drug-likeness (QED) is 0.607. The van der Waals surface area contributed by atoms with Crippen molar-refractivity contribution in [3.63, 3.8) is 0 Å². The molecule has 4 rings (SSSR count). The van der Waals surface area contributed by atoms with Gasteiger partial charge in [0.05, 0.1) is 16.5 Å². The second kappa shape index (κ2) is 9.31. The van der Waals surface area contributed by atoms with Gasteiger partial charge in [-0.2, -0.15) is 5.26 Å². The second-order valence-electron chi connectivity index (χ2n) is 7.43. The Morgan fingerprint density at radius 2 is 1.97 bits per heavy atom. The van der Waals surface area contributed by atoms with E-state index >= 15 is 0 Å². The van der Waals surface area contributed by atoms with E-state index in [-0.39, 0.29) is 23.5 Å². The van der Waals surface area contributed by atoms with Crippen LogP contribution in [0.1, 0.15) is 41.0 Å². The molecule has 0 atom stereocenters. The lowest BCUT2D eigenvalue weighted by molar-refractivity contribution is -0.123. The highest BCUT2D eigenvalue weighted by Crippen LogP contribution is 2.17. The first-order valence-electron chi connectivity index (χ1n) is 10.3. The van der Waals surface area contributed by atoms with Gasteiger partial charge in [-0.1, -0.05) is 18.6 Å². The van der Waals surface area contributed by atoms with Crippen LogP contribution in [-0.2, 0) is 17.8 Å². The lowest BCUT2D eigenvalue weighted by Crippen LogP contribution is -2.43. The number of fused-ring (bicyclic) bond motifs is 2. The van der Waals surface area contributed by atoms with Crippen molar-refractivity contribution in [3.05, 3.63) is 69.8 Å². The van der Waals surface area contributed by atoms with Crippen molar-refractivity contribution in [2.24, 2.45) is 0 Å². The standard InChI is InChI=1S/C23H21N5O4/c24-13-16-6-3-4-7-19(16)32-14-21(29)26-27-22(30)15-9-10-17-18(12-15)25-20-8-2-1-5-11-28(20)23(17)31/h3-4,6-7,9-10,12H,1-2,5,8,11,14H2,(H,26,29)(H,27,30). The van der Waals surface area contributed by atoms with Crippen LogP contribution in [0.4, 0.5) is 0 Å². The highest BCUT2D eigenvalue weighted by atomic mass is 16.5. The van der Waals surface area contributed by atoms with Gasteiger partial charge < -0.3 is 4.74 Å². The summed E-state index contributed by atoms with van der Waals surface area (Å²) in [6.45, 7) is 0.285. The molecule has 2 heterocycles. The molecule has 0 aliphatic carbocycles. The first-order chi connectivity index (χ1) is 15.6. The zero-order valence-electron chi connectivity index (χ0n) is 17.3. The Morgan fingerprint density at radius 1 is 1.12 bits per heavy atom. The van der Waals surface area contributed by atoms with Crippen LogP contribution in [-0.4, -0.2) is 28.0 Å². The van der Waals surface area contributed by atoms with Crippen molar-refractivity contribution in [3.8, 4) is 11.8 Å². The molecule has 1 aromatic heterocycles. The van der Waals surface area contributed by atoms with Crippen LogP contribution < -0.4 is 21.1 Å². The smallest absolute Gasteiger partial charge is 0.276 e. The van der Waals surface area contributed by atoms with Crippen LogP contribution in [0.25, 0.3) is 10.9 Å². The van der Waals surface area contributed by atoms with E-state index in [1.807, 2.05) is 6.07 Å².